The molecule has 8 nitrogen and oxygen atoms in total. The number of carbonyl (C=O) groups is 3. The molecule has 0 bridgehead atoms. The quantitative estimate of drug-likeness (QED) is 0.677. The van der Waals surface area contributed by atoms with E-state index >= 15 is 0 Å². The van der Waals surface area contributed by atoms with Gasteiger partial charge in [0.1, 0.15) is 5.75 Å². The number of carboxylic acids is 1. The van der Waals surface area contributed by atoms with Crippen molar-refractivity contribution in [3.05, 3.63) is 59.2 Å². The van der Waals surface area contributed by atoms with Crippen LogP contribution in [0.15, 0.2) is 42.5 Å². The Balaban J connectivity index is 1.64. The number of aromatic carboxylic acids is 1. The van der Waals surface area contributed by atoms with E-state index in [2.05, 4.69) is 10.6 Å². The summed E-state index contributed by atoms with van der Waals surface area (Å²) >= 11 is 0. The molecule has 2 aromatic rings. The number of nitrogens with one attached hydrogen (secondary N) is 2. The minimum absolute atomic E-state index is 0.222. The summed E-state index contributed by atoms with van der Waals surface area (Å²) in [5.41, 5.74) is 2.13. The van der Waals surface area contributed by atoms with Crippen LogP contribution in [-0.4, -0.2) is 49.8 Å². The van der Waals surface area contributed by atoms with Crippen molar-refractivity contribution in [2.24, 2.45) is 0 Å². The first-order chi connectivity index (χ1) is 13.5. The van der Waals surface area contributed by atoms with Gasteiger partial charge in [-0.25, -0.2) is 9.59 Å². The zero-order valence-corrected chi connectivity index (χ0v) is 15.4. The molecule has 3 rings (SSSR count). The summed E-state index contributed by atoms with van der Waals surface area (Å²) in [5.74, 6) is -0.709. The topological polar surface area (TPSA) is 108 Å². The number of amides is 3. The van der Waals surface area contributed by atoms with Gasteiger partial charge >= 0.3 is 12.0 Å². The number of carbonyl (C=O) groups excluding carboxylic acids is 2. The average Bonchev–Trinajstić information content (AvgIpc) is 3.13. The van der Waals surface area contributed by atoms with E-state index in [0.717, 1.165) is 5.56 Å². The highest BCUT2D eigenvalue weighted by Crippen LogP contribution is 2.30. The summed E-state index contributed by atoms with van der Waals surface area (Å²) in [6.45, 7) is 1.45. The Kier molecular flexibility index (Phi) is 5.78. The number of benzene rings is 2. The van der Waals surface area contributed by atoms with Crippen LogP contribution in [0.4, 0.5) is 10.5 Å². The van der Waals surface area contributed by atoms with Crippen LogP contribution < -0.4 is 20.3 Å². The third-order valence-electron chi connectivity index (χ3n) is 4.49. The number of carboxylic acid groups (broad SMARTS) is 1. The number of anilines is 1. The Hall–Kier alpha value is -3.55. The number of nitrogens with zero attached hydrogens (tertiary/aromatic N) is 1. The lowest BCUT2D eigenvalue weighted by molar-refractivity contribution is 0.0696. The average molecular weight is 383 g/mol. The molecule has 0 aliphatic carbocycles. The maximum Gasteiger partial charge on any atom is 0.335 e. The van der Waals surface area contributed by atoms with E-state index in [4.69, 9.17) is 9.84 Å². The van der Waals surface area contributed by atoms with Crippen LogP contribution in [0.25, 0.3) is 0 Å². The fourth-order valence-corrected chi connectivity index (χ4v) is 2.98. The van der Waals surface area contributed by atoms with E-state index < -0.39 is 5.97 Å². The van der Waals surface area contributed by atoms with Crippen molar-refractivity contribution in [1.82, 2.24) is 10.6 Å². The molecule has 8 heteroatoms. The number of hydrogen-bond donors (Lipinski definition) is 3. The van der Waals surface area contributed by atoms with Gasteiger partial charge in [0.15, 0.2) is 0 Å². The van der Waals surface area contributed by atoms with Gasteiger partial charge < -0.3 is 20.5 Å². The molecule has 3 N–H and O–H groups in total. The van der Waals surface area contributed by atoms with Crippen LogP contribution in [0.5, 0.6) is 5.75 Å². The van der Waals surface area contributed by atoms with Crippen molar-refractivity contribution in [2.45, 2.75) is 6.42 Å². The molecule has 1 saturated heterocycles. The summed E-state index contributed by atoms with van der Waals surface area (Å²) in [4.78, 5) is 36.8. The molecule has 0 radical (unpaired) electrons. The summed E-state index contributed by atoms with van der Waals surface area (Å²) in [5, 5.41) is 14.5. The molecule has 3 amide bonds. The van der Waals surface area contributed by atoms with Gasteiger partial charge in [0, 0.05) is 25.2 Å². The molecule has 0 unspecified atom stereocenters. The van der Waals surface area contributed by atoms with Crippen molar-refractivity contribution in [3.8, 4) is 5.75 Å². The molecule has 1 heterocycles. The van der Waals surface area contributed by atoms with E-state index in [0.29, 0.717) is 43.1 Å². The fraction of sp³-hybridized carbons (Fsp3) is 0.250. The molecular weight excluding hydrogens is 362 g/mol. The SMILES string of the molecule is COc1ccc(C(=O)NCCc2ccc(C(=O)O)cc2)cc1N1CCNC1=O. The number of methoxy groups -OCH3 is 1. The largest absolute Gasteiger partial charge is 0.495 e. The van der Waals surface area contributed by atoms with Crippen LogP contribution in [0.2, 0.25) is 0 Å². The highest BCUT2D eigenvalue weighted by Gasteiger charge is 2.25. The molecule has 0 atom stereocenters. The van der Waals surface area contributed by atoms with Crippen molar-refractivity contribution in [3.63, 3.8) is 0 Å². The third kappa shape index (κ3) is 4.22. The molecule has 146 valence electrons. The van der Waals surface area contributed by atoms with Crippen LogP contribution in [0.3, 0.4) is 0 Å². The first kappa shape index (κ1) is 19.2. The van der Waals surface area contributed by atoms with E-state index in [9.17, 15) is 14.4 Å². The predicted octanol–water partition coefficient (Wildman–Crippen LogP) is 1.90. The highest BCUT2D eigenvalue weighted by molar-refractivity contribution is 5.99. The molecule has 2 aromatic carbocycles. The standard InChI is InChI=1S/C20H21N3O5/c1-28-17-7-6-15(12-16(17)23-11-10-22-20(23)27)18(24)21-9-8-13-2-4-14(5-3-13)19(25)26/h2-7,12H,8-11H2,1H3,(H,21,24)(H,22,27)(H,25,26). The normalized spacial score (nSPS) is 13.2. The number of hydrogen-bond acceptors (Lipinski definition) is 4. The molecule has 0 saturated carbocycles. The summed E-state index contributed by atoms with van der Waals surface area (Å²) in [6, 6.07) is 11.3. The van der Waals surface area contributed by atoms with Crippen molar-refractivity contribution >= 4 is 23.6 Å². The maximum absolute atomic E-state index is 12.5. The lowest BCUT2D eigenvalue weighted by atomic mass is 10.1. The summed E-state index contributed by atoms with van der Waals surface area (Å²) in [6.07, 6.45) is 0.573. The van der Waals surface area contributed by atoms with E-state index in [1.54, 1.807) is 35.2 Å². The lowest BCUT2D eigenvalue weighted by Gasteiger charge is -2.18. The summed E-state index contributed by atoms with van der Waals surface area (Å²) in [7, 11) is 1.52. The maximum atomic E-state index is 12.5. The molecule has 1 aliphatic rings. The van der Waals surface area contributed by atoms with Crippen molar-refractivity contribution in [2.75, 3.05) is 31.6 Å². The Bertz CT molecular complexity index is 895. The Morgan fingerprint density at radius 1 is 1.18 bits per heavy atom. The van der Waals surface area contributed by atoms with Gasteiger partial charge in [-0.15, -0.1) is 0 Å². The monoisotopic (exact) mass is 383 g/mol. The number of urea groups is 1. The Labute approximate surface area is 162 Å². The number of rotatable bonds is 7. The first-order valence-electron chi connectivity index (χ1n) is 8.83. The minimum atomic E-state index is -0.971. The molecule has 0 spiro atoms. The molecular formula is C20H21N3O5. The summed E-state index contributed by atoms with van der Waals surface area (Å²) < 4.78 is 5.31. The third-order valence-corrected chi connectivity index (χ3v) is 4.49. The molecule has 1 aliphatic heterocycles. The molecule has 0 aromatic heterocycles. The minimum Gasteiger partial charge on any atom is -0.495 e. The second-order valence-corrected chi connectivity index (χ2v) is 6.28. The number of ether oxygens (including phenoxy) is 1. The van der Waals surface area contributed by atoms with Gasteiger partial charge in [-0.3, -0.25) is 9.69 Å². The first-order valence-corrected chi connectivity index (χ1v) is 8.83. The van der Waals surface area contributed by atoms with Gasteiger partial charge in [0.2, 0.25) is 0 Å². The van der Waals surface area contributed by atoms with Gasteiger partial charge in [-0.2, -0.15) is 0 Å². The van der Waals surface area contributed by atoms with Gasteiger partial charge in [0.05, 0.1) is 18.4 Å². The van der Waals surface area contributed by atoms with Crippen LogP contribution in [0.1, 0.15) is 26.3 Å². The van der Waals surface area contributed by atoms with E-state index in [-0.39, 0.29) is 17.5 Å². The smallest absolute Gasteiger partial charge is 0.335 e. The second kappa shape index (κ2) is 8.43. The second-order valence-electron chi connectivity index (χ2n) is 6.28. The Morgan fingerprint density at radius 2 is 1.89 bits per heavy atom. The van der Waals surface area contributed by atoms with Crippen LogP contribution in [-0.2, 0) is 6.42 Å². The van der Waals surface area contributed by atoms with Crippen molar-refractivity contribution < 1.29 is 24.2 Å². The fourth-order valence-electron chi connectivity index (χ4n) is 2.98. The molecule has 1 fully saturated rings. The molecule has 28 heavy (non-hydrogen) atoms. The van der Waals surface area contributed by atoms with Gasteiger partial charge in [-0.05, 0) is 42.3 Å². The van der Waals surface area contributed by atoms with E-state index in [1.165, 1.54) is 19.2 Å². The van der Waals surface area contributed by atoms with Gasteiger partial charge in [-0.1, -0.05) is 12.1 Å². The predicted molar refractivity (Wildman–Crippen MR) is 103 cm³/mol. The Morgan fingerprint density at radius 3 is 2.50 bits per heavy atom. The zero-order valence-electron chi connectivity index (χ0n) is 15.4. The highest BCUT2D eigenvalue weighted by atomic mass is 16.5. The van der Waals surface area contributed by atoms with Crippen molar-refractivity contribution in [1.29, 1.82) is 0 Å². The lowest BCUT2D eigenvalue weighted by Crippen LogP contribution is -2.29. The van der Waals surface area contributed by atoms with Gasteiger partial charge in [0.25, 0.3) is 5.91 Å². The van der Waals surface area contributed by atoms with Crippen LogP contribution in [0, 0.1) is 0 Å². The van der Waals surface area contributed by atoms with E-state index in [1.807, 2.05) is 0 Å². The zero-order chi connectivity index (χ0) is 20.1. The van der Waals surface area contributed by atoms with Crippen LogP contribution >= 0.6 is 0 Å².